The van der Waals surface area contributed by atoms with Gasteiger partial charge in [-0.25, -0.2) is 0 Å². The molecule has 0 fully saturated rings. The molecule has 0 spiro atoms. The Hall–Kier alpha value is 2.12. The molecule has 0 aromatic carbocycles. The van der Waals surface area contributed by atoms with Gasteiger partial charge in [0.05, 0.1) is 0 Å². The van der Waals surface area contributed by atoms with Gasteiger partial charge in [-0.15, -0.1) is 0 Å². The first-order valence-electron chi connectivity index (χ1n) is 0.447. The van der Waals surface area contributed by atoms with Gasteiger partial charge in [-0.1, -0.05) is 0 Å². The fraction of sp³-hybridized carbons (Fsp3) is 1.00. The van der Waals surface area contributed by atoms with E-state index in [-0.39, 0.29) is 75.8 Å². The van der Waals surface area contributed by atoms with Crippen LogP contribution in [0, 0.1) is 38.6 Å². The summed E-state index contributed by atoms with van der Waals surface area (Å²) in [4.78, 5) is 0. The normalized spacial score (nSPS) is 1.00. The Labute approximate surface area is 86.9 Å². The molecule has 0 aliphatic rings. The van der Waals surface area contributed by atoms with Gasteiger partial charge in [0.1, 0.15) is 0 Å². The minimum absolute atomic E-state index is 0. The zero-order chi connectivity index (χ0) is 2.00. The summed E-state index contributed by atoms with van der Waals surface area (Å²) in [5, 5.41) is 7.00. The Morgan fingerprint density at radius 3 is 0.833 bits per heavy atom. The first-order chi connectivity index (χ1) is 1.00. The number of aliphatic hydroxyl groups excluding tert-OH is 1. The molecule has 0 radical (unpaired) electrons. The molecular formula is CH4Cl3OTb. The molecule has 0 atom stereocenters. The standard InChI is InChI=1S/CH4O.3ClH.Tb/c1-2;;;;/h2H,1H3;3*1H;/q;;;;+3/p-3. The van der Waals surface area contributed by atoms with Crippen LogP contribution in [0.15, 0.2) is 0 Å². The quantitative estimate of drug-likeness (QED) is 0.471. The maximum absolute atomic E-state index is 7.00. The third-order valence-electron chi connectivity index (χ3n) is 0. The molecule has 0 aliphatic carbocycles. The van der Waals surface area contributed by atoms with Gasteiger partial charge in [0, 0.05) is 7.11 Å². The summed E-state index contributed by atoms with van der Waals surface area (Å²) in [7, 11) is 1.00. The van der Waals surface area contributed by atoms with Gasteiger partial charge < -0.3 is 42.3 Å². The average molecular weight is 297 g/mol. The summed E-state index contributed by atoms with van der Waals surface area (Å²) in [6.07, 6.45) is 0. The van der Waals surface area contributed by atoms with E-state index < -0.39 is 0 Å². The summed E-state index contributed by atoms with van der Waals surface area (Å²) in [6.45, 7) is 0. The van der Waals surface area contributed by atoms with E-state index in [0.29, 0.717) is 0 Å². The zero-order valence-corrected chi connectivity index (χ0v) is 7.32. The van der Waals surface area contributed by atoms with Crippen LogP contribution in [0.3, 0.4) is 0 Å². The first-order valence-corrected chi connectivity index (χ1v) is 0.447. The summed E-state index contributed by atoms with van der Waals surface area (Å²) in [6, 6.07) is 0. The minimum atomic E-state index is 0. The van der Waals surface area contributed by atoms with E-state index in [0.717, 1.165) is 7.11 Å². The molecule has 0 aromatic heterocycles. The predicted octanol–water partition coefficient (Wildman–Crippen LogP) is -9.38. The fourth-order valence-electron chi connectivity index (χ4n) is 0. The van der Waals surface area contributed by atoms with Crippen molar-refractivity contribution in [1.29, 1.82) is 0 Å². The number of halogens is 3. The Kier molecular flexibility index (Phi) is 419. The van der Waals surface area contributed by atoms with Crippen molar-refractivity contribution in [3.8, 4) is 0 Å². The van der Waals surface area contributed by atoms with E-state index in [1.54, 1.807) is 0 Å². The van der Waals surface area contributed by atoms with E-state index in [1.165, 1.54) is 0 Å². The molecule has 0 aliphatic heterocycles. The van der Waals surface area contributed by atoms with Crippen LogP contribution in [-0.4, -0.2) is 12.2 Å². The molecule has 0 bridgehead atoms. The van der Waals surface area contributed by atoms with E-state index >= 15 is 0 Å². The summed E-state index contributed by atoms with van der Waals surface area (Å²) < 4.78 is 0. The maximum Gasteiger partial charge on any atom is 3.00 e. The van der Waals surface area contributed by atoms with Gasteiger partial charge in [-0.2, -0.15) is 0 Å². The van der Waals surface area contributed by atoms with Crippen molar-refractivity contribution >= 4 is 0 Å². The topological polar surface area (TPSA) is 20.2 Å². The smallest absolute Gasteiger partial charge is 1.00 e. The van der Waals surface area contributed by atoms with Gasteiger partial charge in [0.2, 0.25) is 0 Å². The molecule has 0 saturated heterocycles. The fourth-order valence-corrected chi connectivity index (χ4v) is 0. The van der Waals surface area contributed by atoms with Crippen molar-refractivity contribution in [2.24, 2.45) is 0 Å². The van der Waals surface area contributed by atoms with Crippen LogP contribution in [0.4, 0.5) is 0 Å². The van der Waals surface area contributed by atoms with Crippen molar-refractivity contribution in [2.75, 3.05) is 7.11 Å². The molecule has 6 heavy (non-hydrogen) atoms. The number of hydrogen-bond donors (Lipinski definition) is 1. The van der Waals surface area contributed by atoms with Crippen molar-refractivity contribution in [3.63, 3.8) is 0 Å². The Morgan fingerprint density at radius 1 is 0.833 bits per heavy atom. The molecule has 44 valence electrons. The number of rotatable bonds is 0. The summed E-state index contributed by atoms with van der Waals surface area (Å²) in [5.74, 6) is 0. The van der Waals surface area contributed by atoms with Crippen LogP contribution < -0.4 is 37.2 Å². The van der Waals surface area contributed by atoms with Gasteiger partial charge >= 0.3 is 38.6 Å². The molecule has 5 heteroatoms. The van der Waals surface area contributed by atoms with E-state index in [1.807, 2.05) is 0 Å². The summed E-state index contributed by atoms with van der Waals surface area (Å²) in [5.41, 5.74) is 0. The van der Waals surface area contributed by atoms with Gasteiger partial charge in [-0.3, -0.25) is 0 Å². The molecule has 0 rings (SSSR count). The predicted molar refractivity (Wildman–Crippen MR) is 8.14 cm³/mol. The van der Waals surface area contributed by atoms with Gasteiger partial charge in [0.15, 0.2) is 0 Å². The largest absolute Gasteiger partial charge is 3.00 e. The summed E-state index contributed by atoms with van der Waals surface area (Å²) >= 11 is 0. The Morgan fingerprint density at radius 2 is 0.833 bits per heavy atom. The molecule has 0 amide bonds. The molecular weight excluding hydrogens is 293 g/mol. The van der Waals surface area contributed by atoms with Crippen LogP contribution in [0.1, 0.15) is 0 Å². The van der Waals surface area contributed by atoms with Crippen molar-refractivity contribution in [2.45, 2.75) is 0 Å². The van der Waals surface area contributed by atoms with Gasteiger partial charge in [0.25, 0.3) is 0 Å². The SMILES string of the molecule is CO.[Cl-].[Cl-].[Cl-].[Tb+3]. The monoisotopic (exact) mass is 296 g/mol. The molecule has 1 nitrogen and oxygen atoms in total. The van der Waals surface area contributed by atoms with Crippen molar-refractivity contribution < 1.29 is 80.9 Å². The van der Waals surface area contributed by atoms with E-state index in [9.17, 15) is 0 Å². The van der Waals surface area contributed by atoms with Crippen LogP contribution in [0.5, 0.6) is 0 Å². The third-order valence-corrected chi connectivity index (χ3v) is 0. The Balaban J connectivity index is -0.000000000833. The molecule has 0 aromatic rings. The average Bonchev–Trinajstić information content (AvgIpc) is 1.00. The minimum Gasteiger partial charge on any atom is -1.00 e. The molecule has 0 unspecified atom stereocenters. The second-order valence-electron chi connectivity index (χ2n) is 0. The first kappa shape index (κ1) is 42.3. The molecule has 0 heterocycles. The van der Waals surface area contributed by atoms with Crippen molar-refractivity contribution in [1.82, 2.24) is 0 Å². The van der Waals surface area contributed by atoms with Crippen LogP contribution in [0.2, 0.25) is 0 Å². The number of hydrogen-bond acceptors (Lipinski definition) is 1. The molecule has 0 saturated carbocycles. The maximum atomic E-state index is 7.00. The van der Waals surface area contributed by atoms with Crippen LogP contribution >= 0.6 is 0 Å². The number of aliphatic hydroxyl groups is 1. The zero-order valence-electron chi connectivity index (χ0n) is 2.91. The second kappa shape index (κ2) is 59.5. The third kappa shape index (κ3) is 35.8. The van der Waals surface area contributed by atoms with Gasteiger partial charge in [-0.05, 0) is 0 Å². The second-order valence-corrected chi connectivity index (χ2v) is 0. The van der Waals surface area contributed by atoms with Crippen molar-refractivity contribution in [3.05, 3.63) is 0 Å². The molecule has 1 N–H and O–H groups in total. The van der Waals surface area contributed by atoms with Crippen LogP contribution in [-0.2, 0) is 0 Å². The van der Waals surface area contributed by atoms with Crippen LogP contribution in [0.25, 0.3) is 0 Å². The van der Waals surface area contributed by atoms with E-state index in [4.69, 9.17) is 5.11 Å². The van der Waals surface area contributed by atoms with E-state index in [2.05, 4.69) is 0 Å². The Bertz CT molecular complexity index is 10.8.